The van der Waals surface area contributed by atoms with E-state index < -0.39 is 0 Å². The molecule has 1 aliphatic carbocycles. The molecule has 1 fully saturated rings. The molecule has 17 heavy (non-hydrogen) atoms. The van der Waals surface area contributed by atoms with Crippen LogP contribution in [0.5, 0.6) is 0 Å². The van der Waals surface area contributed by atoms with Crippen molar-refractivity contribution in [2.45, 2.75) is 25.8 Å². The fourth-order valence-corrected chi connectivity index (χ4v) is 2.94. The second-order valence-electron chi connectivity index (χ2n) is 5.14. The fraction of sp³-hybridized carbons (Fsp3) is 0.500. The van der Waals surface area contributed by atoms with Crippen molar-refractivity contribution in [3.05, 3.63) is 33.8 Å². The molecule has 1 atom stereocenters. The summed E-state index contributed by atoms with van der Waals surface area (Å²) in [6.45, 7) is 2.12. The Morgan fingerprint density at radius 1 is 1.41 bits per heavy atom. The molecule has 0 amide bonds. The molecule has 2 nitrogen and oxygen atoms in total. The Balaban J connectivity index is 2.48. The summed E-state index contributed by atoms with van der Waals surface area (Å²) in [4.78, 5) is 2.17. The third-order valence-corrected chi connectivity index (χ3v) is 4.08. The van der Waals surface area contributed by atoms with Crippen molar-refractivity contribution < 1.29 is 0 Å². The van der Waals surface area contributed by atoms with E-state index in [1.54, 1.807) is 0 Å². The molecular formula is C14H17BrN2. The van der Waals surface area contributed by atoms with Crippen LogP contribution in [0.15, 0.2) is 22.7 Å². The highest BCUT2D eigenvalue weighted by Crippen LogP contribution is 2.56. The molecule has 1 unspecified atom stereocenters. The van der Waals surface area contributed by atoms with E-state index in [2.05, 4.69) is 66.1 Å². The molecule has 0 bridgehead atoms. The quantitative estimate of drug-likeness (QED) is 0.850. The van der Waals surface area contributed by atoms with E-state index >= 15 is 0 Å². The fourth-order valence-electron chi connectivity index (χ4n) is 2.56. The summed E-state index contributed by atoms with van der Waals surface area (Å²) in [6.07, 6.45) is 2.02. The lowest BCUT2D eigenvalue weighted by molar-refractivity contribution is 0.231. The molecule has 0 radical (unpaired) electrons. The van der Waals surface area contributed by atoms with Crippen molar-refractivity contribution in [1.29, 1.82) is 5.26 Å². The maximum atomic E-state index is 9.41. The second-order valence-corrected chi connectivity index (χ2v) is 6.05. The van der Waals surface area contributed by atoms with Crippen molar-refractivity contribution in [1.82, 2.24) is 4.90 Å². The molecule has 0 N–H and O–H groups in total. The molecule has 1 saturated carbocycles. The summed E-state index contributed by atoms with van der Waals surface area (Å²) in [5.41, 5.74) is 2.35. The molecule has 3 heteroatoms. The molecule has 90 valence electrons. The van der Waals surface area contributed by atoms with Crippen LogP contribution in [0.25, 0.3) is 0 Å². The lowest BCUT2D eigenvalue weighted by atomic mass is 9.88. The number of benzene rings is 1. The molecule has 1 aliphatic rings. The smallest absolute Gasteiger partial charge is 0.0771 e. The van der Waals surface area contributed by atoms with E-state index in [4.69, 9.17) is 0 Å². The van der Waals surface area contributed by atoms with Gasteiger partial charge in [-0.2, -0.15) is 5.26 Å². The van der Waals surface area contributed by atoms with Gasteiger partial charge in [0.05, 0.1) is 17.5 Å². The maximum Gasteiger partial charge on any atom is 0.0771 e. The maximum absolute atomic E-state index is 9.41. The summed E-state index contributed by atoms with van der Waals surface area (Å²) < 4.78 is 1.08. The third kappa shape index (κ3) is 2.25. The zero-order valence-electron chi connectivity index (χ0n) is 10.5. The summed E-state index contributed by atoms with van der Waals surface area (Å²) in [5.74, 6) is 0. The van der Waals surface area contributed by atoms with Crippen LogP contribution in [0.3, 0.4) is 0 Å². The standard InChI is InChI=1S/C14H17BrN2/c1-10-4-5-11(15)8-12(10)13(17(2)3)14(9-16)6-7-14/h4-5,8,13H,6-7H2,1-3H3. The number of aryl methyl sites for hydroxylation is 1. The van der Waals surface area contributed by atoms with Gasteiger partial charge in [0.15, 0.2) is 0 Å². The van der Waals surface area contributed by atoms with Gasteiger partial charge < -0.3 is 4.90 Å². The van der Waals surface area contributed by atoms with E-state index in [0.29, 0.717) is 0 Å². The van der Waals surface area contributed by atoms with Crippen LogP contribution in [-0.2, 0) is 0 Å². The van der Waals surface area contributed by atoms with Crippen molar-refractivity contribution in [2.24, 2.45) is 5.41 Å². The molecule has 0 aromatic heterocycles. The van der Waals surface area contributed by atoms with Crippen LogP contribution >= 0.6 is 15.9 Å². The molecule has 0 saturated heterocycles. The number of hydrogen-bond acceptors (Lipinski definition) is 2. The minimum Gasteiger partial charge on any atom is -0.301 e. The Morgan fingerprint density at radius 3 is 2.53 bits per heavy atom. The van der Waals surface area contributed by atoms with E-state index in [1.807, 2.05) is 0 Å². The molecule has 2 rings (SSSR count). The number of hydrogen-bond donors (Lipinski definition) is 0. The minimum absolute atomic E-state index is 0.172. The minimum atomic E-state index is -0.172. The first kappa shape index (κ1) is 12.6. The predicted molar refractivity (Wildman–Crippen MR) is 72.6 cm³/mol. The van der Waals surface area contributed by atoms with Crippen molar-refractivity contribution in [3.63, 3.8) is 0 Å². The van der Waals surface area contributed by atoms with Crippen molar-refractivity contribution >= 4 is 15.9 Å². The predicted octanol–water partition coefficient (Wildman–Crippen LogP) is 3.66. The highest BCUT2D eigenvalue weighted by molar-refractivity contribution is 9.10. The Morgan fingerprint density at radius 2 is 2.06 bits per heavy atom. The number of rotatable bonds is 3. The Kier molecular flexibility index (Phi) is 3.29. The Bertz CT molecular complexity index is 470. The lowest BCUT2D eigenvalue weighted by Crippen LogP contribution is -2.28. The topological polar surface area (TPSA) is 27.0 Å². The van der Waals surface area contributed by atoms with Crippen LogP contribution in [-0.4, -0.2) is 19.0 Å². The van der Waals surface area contributed by atoms with E-state index in [0.717, 1.165) is 17.3 Å². The van der Waals surface area contributed by atoms with Gasteiger partial charge in [0, 0.05) is 4.47 Å². The van der Waals surface area contributed by atoms with E-state index in [9.17, 15) is 5.26 Å². The van der Waals surface area contributed by atoms with Gasteiger partial charge in [-0.1, -0.05) is 22.0 Å². The van der Waals surface area contributed by atoms with Gasteiger partial charge in [0.2, 0.25) is 0 Å². The second kappa shape index (κ2) is 4.44. The van der Waals surface area contributed by atoms with E-state index in [1.165, 1.54) is 11.1 Å². The van der Waals surface area contributed by atoms with Gasteiger partial charge in [-0.25, -0.2) is 0 Å². The van der Waals surface area contributed by atoms with Crippen molar-refractivity contribution in [3.8, 4) is 6.07 Å². The number of nitrogens with zero attached hydrogens (tertiary/aromatic N) is 2. The zero-order valence-corrected chi connectivity index (χ0v) is 12.1. The zero-order chi connectivity index (χ0) is 12.6. The van der Waals surface area contributed by atoms with Crippen LogP contribution in [0.4, 0.5) is 0 Å². The molecule has 0 heterocycles. The van der Waals surface area contributed by atoms with Gasteiger partial charge in [-0.05, 0) is 57.1 Å². The monoisotopic (exact) mass is 292 g/mol. The van der Waals surface area contributed by atoms with Gasteiger partial charge in [0.1, 0.15) is 0 Å². The Hall–Kier alpha value is -0.850. The Labute approximate surface area is 111 Å². The van der Waals surface area contributed by atoms with Crippen LogP contribution in [0.2, 0.25) is 0 Å². The highest BCUT2D eigenvalue weighted by atomic mass is 79.9. The highest BCUT2D eigenvalue weighted by Gasteiger charge is 2.52. The van der Waals surface area contributed by atoms with Crippen LogP contribution in [0.1, 0.15) is 30.0 Å². The number of nitriles is 1. The largest absolute Gasteiger partial charge is 0.301 e. The van der Waals surface area contributed by atoms with Gasteiger partial charge >= 0.3 is 0 Å². The average Bonchev–Trinajstić information content (AvgIpc) is 3.04. The molecule has 0 spiro atoms. The van der Waals surface area contributed by atoms with E-state index in [-0.39, 0.29) is 11.5 Å². The van der Waals surface area contributed by atoms with Gasteiger partial charge in [-0.15, -0.1) is 0 Å². The SMILES string of the molecule is Cc1ccc(Br)cc1C(N(C)C)C1(C#N)CC1. The lowest BCUT2D eigenvalue weighted by Gasteiger charge is -2.30. The van der Waals surface area contributed by atoms with Gasteiger partial charge in [0.25, 0.3) is 0 Å². The van der Waals surface area contributed by atoms with Gasteiger partial charge in [-0.3, -0.25) is 0 Å². The normalized spacial score (nSPS) is 18.8. The summed E-state index contributed by atoms with van der Waals surface area (Å²) >= 11 is 3.52. The summed E-state index contributed by atoms with van der Waals surface area (Å²) in [6, 6.07) is 9.04. The van der Waals surface area contributed by atoms with Crippen LogP contribution in [0, 0.1) is 23.7 Å². The average molecular weight is 293 g/mol. The molecule has 0 aliphatic heterocycles. The molecule has 1 aromatic rings. The first-order chi connectivity index (χ1) is 8.00. The third-order valence-electron chi connectivity index (χ3n) is 3.59. The molecule has 1 aromatic carbocycles. The summed E-state index contributed by atoms with van der Waals surface area (Å²) in [7, 11) is 4.12. The number of halogens is 1. The first-order valence-electron chi connectivity index (χ1n) is 5.84. The van der Waals surface area contributed by atoms with Crippen molar-refractivity contribution in [2.75, 3.05) is 14.1 Å². The summed E-state index contributed by atoms with van der Waals surface area (Å²) in [5, 5.41) is 9.41. The first-order valence-corrected chi connectivity index (χ1v) is 6.63. The molecular weight excluding hydrogens is 276 g/mol. The van der Waals surface area contributed by atoms with Crippen LogP contribution < -0.4 is 0 Å².